The van der Waals surface area contributed by atoms with E-state index in [2.05, 4.69) is 10.5 Å². The monoisotopic (exact) mass is 574 g/mol. The fourth-order valence-electron chi connectivity index (χ4n) is 4.49. The molecule has 2 atom stereocenters. The summed E-state index contributed by atoms with van der Waals surface area (Å²) in [5.41, 5.74) is -0.353. The third-order valence-electron chi connectivity index (χ3n) is 6.15. The Morgan fingerprint density at radius 2 is 1.63 bits per heavy atom. The Morgan fingerprint density at radius 1 is 1.05 bits per heavy atom. The molecule has 0 radical (unpaired) electrons. The number of carbonyl (C=O) groups is 4. The maximum atomic E-state index is 14.0. The molecule has 228 valence electrons. The maximum absolute atomic E-state index is 14.0. The number of nitrogens with zero attached hydrogens (tertiary/aromatic N) is 3. The molecular weight excluding hydrogens is 528 g/mol. The fourth-order valence-corrected chi connectivity index (χ4v) is 4.49. The highest BCUT2D eigenvalue weighted by atomic mass is 16.6. The average molecular weight is 575 g/mol. The molecule has 1 aliphatic rings. The van der Waals surface area contributed by atoms with Crippen molar-refractivity contribution in [2.24, 2.45) is 11.1 Å². The number of likely N-dealkylation sites (tertiary alicyclic amines) is 1. The molecule has 41 heavy (non-hydrogen) atoms. The van der Waals surface area contributed by atoms with Crippen molar-refractivity contribution in [3.8, 4) is 0 Å². The van der Waals surface area contributed by atoms with Gasteiger partial charge < -0.3 is 19.6 Å². The number of hydrogen-bond donors (Lipinski definition) is 2. The van der Waals surface area contributed by atoms with Crippen LogP contribution in [-0.4, -0.2) is 81.1 Å². The van der Waals surface area contributed by atoms with Gasteiger partial charge in [0.1, 0.15) is 17.2 Å². The van der Waals surface area contributed by atoms with Gasteiger partial charge in [-0.05, 0) is 73.6 Å². The van der Waals surface area contributed by atoms with Crippen LogP contribution in [0.4, 0.5) is 4.79 Å². The van der Waals surface area contributed by atoms with Crippen LogP contribution in [0.15, 0.2) is 29.4 Å². The Morgan fingerprint density at radius 3 is 2.15 bits per heavy atom. The molecule has 0 aromatic heterocycles. The number of imide groups is 1. The topological polar surface area (TPSA) is 138 Å². The van der Waals surface area contributed by atoms with E-state index in [1.54, 1.807) is 65.8 Å². The van der Waals surface area contributed by atoms with Crippen molar-refractivity contribution in [1.29, 1.82) is 0 Å². The smallest absolute Gasteiger partial charge is 0.423 e. The number of aryl methyl sites for hydroxylation is 1. The zero-order chi connectivity index (χ0) is 31.1. The Labute approximate surface area is 243 Å². The van der Waals surface area contributed by atoms with E-state index in [4.69, 9.17) is 9.47 Å². The Hall–Kier alpha value is -3.47. The van der Waals surface area contributed by atoms with Crippen LogP contribution in [0.5, 0.6) is 0 Å². The molecular formula is C30H46N4O7. The number of amidine groups is 1. The van der Waals surface area contributed by atoms with E-state index >= 15 is 0 Å². The molecule has 2 rings (SSSR count). The lowest BCUT2D eigenvalue weighted by Gasteiger charge is -2.33. The van der Waals surface area contributed by atoms with Gasteiger partial charge in [0.2, 0.25) is 5.91 Å². The van der Waals surface area contributed by atoms with Crippen LogP contribution in [0.1, 0.15) is 85.8 Å². The van der Waals surface area contributed by atoms with E-state index in [0.29, 0.717) is 29.7 Å². The first-order valence-electron chi connectivity index (χ1n) is 14.0. The number of ether oxygens (including phenoxy) is 2. The number of nitrogens with one attached hydrogen (secondary N) is 1. The summed E-state index contributed by atoms with van der Waals surface area (Å²) < 4.78 is 10.9. The number of amides is 3. The number of rotatable bonds is 8. The minimum atomic E-state index is -1.02. The highest BCUT2D eigenvalue weighted by molar-refractivity contribution is 6.18. The van der Waals surface area contributed by atoms with Gasteiger partial charge in [-0.3, -0.25) is 19.7 Å². The summed E-state index contributed by atoms with van der Waals surface area (Å²) in [6.07, 6.45) is 0.233. The third-order valence-corrected chi connectivity index (χ3v) is 6.15. The first-order chi connectivity index (χ1) is 18.9. The van der Waals surface area contributed by atoms with E-state index < -0.39 is 41.3 Å². The van der Waals surface area contributed by atoms with Gasteiger partial charge in [0.05, 0.1) is 12.6 Å². The van der Waals surface area contributed by atoms with Crippen molar-refractivity contribution >= 4 is 29.7 Å². The van der Waals surface area contributed by atoms with Crippen LogP contribution in [0.3, 0.4) is 0 Å². The number of oxime groups is 1. The van der Waals surface area contributed by atoms with Crippen molar-refractivity contribution in [1.82, 2.24) is 15.1 Å². The van der Waals surface area contributed by atoms with Crippen LogP contribution in [0.25, 0.3) is 0 Å². The van der Waals surface area contributed by atoms with Crippen molar-refractivity contribution in [2.75, 3.05) is 13.1 Å². The van der Waals surface area contributed by atoms with Gasteiger partial charge in [-0.15, -0.1) is 0 Å². The standard InChI is InChI=1S/C30H46N4O7/c1-19(2)17-22(31-18-24(35)40-29(4,5)6)26(36)33-16-10-11-23(33)27(37)34(28(38)41-30(7,8)9)25(32-39)21-14-12-20(3)13-15-21/h12-15,19,22-23,31,39H,10-11,16-18H2,1-9H3/t22?,23-/m0/s1. The van der Waals surface area contributed by atoms with E-state index in [0.717, 1.165) is 5.56 Å². The number of hydrogen-bond acceptors (Lipinski definition) is 9. The summed E-state index contributed by atoms with van der Waals surface area (Å²) in [5, 5.41) is 16.3. The summed E-state index contributed by atoms with van der Waals surface area (Å²) in [6.45, 7) is 16.2. The second-order valence-corrected chi connectivity index (χ2v) is 12.8. The van der Waals surface area contributed by atoms with Crippen LogP contribution >= 0.6 is 0 Å². The molecule has 1 heterocycles. The summed E-state index contributed by atoms with van der Waals surface area (Å²) >= 11 is 0. The summed E-state index contributed by atoms with van der Waals surface area (Å²) in [4.78, 5) is 55.7. The molecule has 0 saturated carbocycles. The van der Waals surface area contributed by atoms with Gasteiger partial charge in [-0.1, -0.05) is 48.8 Å². The van der Waals surface area contributed by atoms with E-state index in [-0.39, 0.29) is 30.8 Å². The van der Waals surface area contributed by atoms with Gasteiger partial charge in [0.15, 0.2) is 5.84 Å². The molecule has 3 amide bonds. The molecule has 1 aromatic carbocycles. The minimum absolute atomic E-state index is 0.111. The predicted octanol–water partition coefficient (Wildman–Crippen LogP) is 4.23. The van der Waals surface area contributed by atoms with Crippen LogP contribution in [0.2, 0.25) is 0 Å². The summed E-state index contributed by atoms with van der Waals surface area (Å²) in [6, 6.07) is 5.02. The Kier molecular flexibility index (Phi) is 11.5. The highest BCUT2D eigenvalue weighted by Crippen LogP contribution is 2.25. The number of benzene rings is 1. The molecule has 11 heteroatoms. The van der Waals surface area contributed by atoms with Crippen molar-refractivity contribution < 1.29 is 33.9 Å². The zero-order valence-electron chi connectivity index (χ0n) is 25.8. The van der Waals surface area contributed by atoms with Gasteiger partial charge in [0, 0.05) is 12.1 Å². The van der Waals surface area contributed by atoms with Crippen LogP contribution in [-0.2, 0) is 23.9 Å². The largest absolute Gasteiger partial charge is 0.459 e. The SMILES string of the molecule is Cc1ccc(C(=NO)N(C(=O)OC(C)(C)C)C(=O)[C@@H]2CCCN2C(=O)C(CC(C)C)NCC(=O)OC(C)(C)C)cc1. The molecule has 0 spiro atoms. The lowest BCUT2D eigenvalue weighted by molar-refractivity contribution is -0.154. The quantitative estimate of drug-likeness (QED) is 0.155. The first-order valence-corrected chi connectivity index (χ1v) is 14.0. The second-order valence-electron chi connectivity index (χ2n) is 12.8. The van der Waals surface area contributed by atoms with Gasteiger partial charge in [-0.25, -0.2) is 4.79 Å². The third kappa shape index (κ3) is 10.1. The summed E-state index contributed by atoms with van der Waals surface area (Å²) in [7, 11) is 0. The molecule has 0 bridgehead atoms. The minimum Gasteiger partial charge on any atom is -0.459 e. The molecule has 11 nitrogen and oxygen atoms in total. The molecule has 0 aliphatic carbocycles. The molecule has 1 aliphatic heterocycles. The van der Waals surface area contributed by atoms with E-state index in [1.165, 1.54) is 4.90 Å². The average Bonchev–Trinajstić information content (AvgIpc) is 3.32. The molecule has 1 fully saturated rings. The lowest BCUT2D eigenvalue weighted by atomic mass is 10.0. The maximum Gasteiger partial charge on any atom is 0.423 e. The fraction of sp³-hybridized carbons (Fsp3) is 0.633. The lowest BCUT2D eigenvalue weighted by Crippen LogP contribution is -2.56. The van der Waals surface area contributed by atoms with Crippen LogP contribution < -0.4 is 5.32 Å². The second kappa shape index (κ2) is 13.9. The van der Waals surface area contributed by atoms with E-state index in [9.17, 15) is 24.4 Å². The van der Waals surface area contributed by atoms with Crippen molar-refractivity contribution in [2.45, 2.75) is 105 Å². The highest BCUT2D eigenvalue weighted by Gasteiger charge is 2.43. The summed E-state index contributed by atoms with van der Waals surface area (Å²) in [5.74, 6) is -1.79. The molecule has 1 saturated heterocycles. The van der Waals surface area contributed by atoms with Crippen LogP contribution in [0, 0.1) is 12.8 Å². The zero-order valence-corrected chi connectivity index (χ0v) is 25.8. The van der Waals surface area contributed by atoms with Gasteiger partial charge in [0.25, 0.3) is 5.91 Å². The molecule has 1 unspecified atom stereocenters. The molecule has 2 N–H and O–H groups in total. The van der Waals surface area contributed by atoms with Gasteiger partial charge >= 0.3 is 12.1 Å². The number of esters is 1. The Bertz CT molecular complexity index is 1120. The predicted molar refractivity (Wildman–Crippen MR) is 154 cm³/mol. The molecule has 1 aromatic rings. The van der Waals surface area contributed by atoms with Gasteiger partial charge in [-0.2, -0.15) is 4.90 Å². The van der Waals surface area contributed by atoms with E-state index in [1.807, 2.05) is 20.8 Å². The normalized spacial score (nSPS) is 16.9. The van der Waals surface area contributed by atoms with Crippen molar-refractivity contribution in [3.05, 3.63) is 35.4 Å². The Balaban J connectivity index is 2.39. The van der Waals surface area contributed by atoms with Crippen molar-refractivity contribution in [3.63, 3.8) is 0 Å². The number of carbonyl (C=O) groups excluding carboxylic acids is 4. The first kappa shape index (κ1) is 33.7.